The summed E-state index contributed by atoms with van der Waals surface area (Å²) >= 11 is 1.48. The number of nitrogens with two attached hydrogens (primary N) is 1. The van der Waals surface area contributed by atoms with Crippen LogP contribution in [-0.4, -0.2) is 5.91 Å². The minimum atomic E-state index is -0.417. The fraction of sp³-hybridized carbons (Fsp3) is 0.100. The van der Waals surface area contributed by atoms with Crippen LogP contribution in [-0.2, 0) is 4.79 Å². The van der Waals surface area contributed by atoms with E-state index < -0.39 is 5.91 Å². The number of rotatable bonds is 3. The fourth-order valence-corrected chi connectivity index (χ4v) is 1.64. The smallest absolute Gasteiger partial charge is 0.241 e. The molecule has 1 amide bonds. The number of hydrogen-bond acceptors (Lipinski definition) is 2. The third-order valence-corrected chi connectivity index (χ3v) is 2.22. The molecule has 0 radical (unpaired) electrons. The van der Waals surface area contributed by atoms with E-state index in [1.54, 1.807) is 5.41 Å². The van der Waals surface area contributed by atoms with E-state index in [1.165, 1.54) is 23.4 Å². The Labute approximate surface area is 81.8 Å². The van der Waals surface area contributed by atoms with E-state index >= 15 is 0 Å². The number of carbonyl (C=O) groups is 1. The van der Waals surface area contributed by atoms with E-state index in [9.17, 15) is 4.79 Å². The molecule has 2 nitrogen and oxygen atoms in total. The zero-order chi connectivity index (χ0) is 9.68. The minimum absolute atomic E-state index is 0.417. The average molecular weight is 193 g/mol. The van der Waals surface area contributed by atoms with Gasteiger partial charge in [-0.05, 0) is 24.5 Å². The summed E-state index contributed by atoms with van der Waals surface area (Å²) in [5.41, 5.74) is 6.15. The molecule has 0 saturated carbocycles. The van der Waals surface area contributed by atoms with Crippen molar-refractivity contribution >= 4 is 17.7 Å². The van der Waals surface area contributed by atoms with Crippen molar-refractivity contribution in [3.63, 3.8) is 0 Å². The Kier molecular flexibility index (Phi) is 3.58. The van der Waals surface area contributed by atoms with Gasteiger partial charge in [0.25, 0.3) is 0 Å². The molecule has 0 aliphatic rings. The number of carbonyl (C=O) groups excluding carboxylic acids is 1. The third-order valence-electron chi connectivity index (χ3n) is 1.43. The Morgan fingerprint density at radius 2 is 2.31 bits per heavy atom. The van der Waals surface area contributed by atoms with Crippen molar-refractivity contribution in [1.29, 1.82) is 0 Å². The molecular weight excluding hydrogens is 182 g/mol. The Bertz CT molecular complexity index is 333. The maximum Gasteiger partial charge on any atom is 0.241 e. The van der Waals surface area contributed by atoms with Gasteiger partial charge in [0.1, 0.15) is 0 Å². The second kappa shape index (κ2) is 4.72. The first-order valence-electron chi connectivity index (χ1n) is 3.88. The number of thioether (sulfide) groups is 1. The molecule has 2 N–H and O–H groups in total. The molecule has 0 heterocycles. The number of primary amides is 1. The molecule has 3 heteroatoms. The van der Waals surface area contributed by atoms with Gasteiger partial charge in [-0.25, -0.2) is 0 Å². The van der Waals surface area contributed by atoms with Crippen LogP contribution in [0.25, 0.3) is 0 Å². The minimum Gasteiger partial charge on any atom is -0.366 e. The molecule has 0 bridgehead atoms. The highest BCUT2D eigenvalue weighted by Gasteiger charge is 1.90. The summed E-state index contributed by atoms with van der Waals surface area (Å²) in [6, 6.07) is 8.05. The Morgan fingerprint density at radius 3 is 2.92 bits per heavy atom. The van der Waals surface area contributed by atoms with Crippen molar-refractivity contribution in [3.8, 4) is 0 Å². The van der Waals surface area contributed by atoms with E-state index in [1.807, 2.05) is 25.1 Å². The van der Waals surface area contributed by atoms with Gasteiger partial charge in [-0.1, -0.05) is 29.5 Å². The number of benzene rings is 1. The number of amides is 1. The normalized spacial score (nSPS) is 10.5. The van der Waals surface area contributed by atoms with Crippen LogP contribution in [0.1, 0.15) is 5.56 Å². The predicted octanol–water partition coefficient (Wildman–Crippen LogP) is 2.09. The molecule has 0 saturated heterocycles. The fourth-order valence-electron chi connectivity index (χ4n) is 0.868. The first-order chi connectivity index (χ1) is 6.18. The molecule has 0 spiro atoms. The monoisotopic (exact) mass is 193 g/mol. The summed E-state index contributed by atoms with van der Waals surface area (Å²) in [7, 11) is 0. The van der Waals surface area contributed by atoms with Crippen LogP contribution in [0.15, 0.2) is 40.6 Å². The lowest BCUT2D eigenvalue weighted by Gasteiger charge is -1.96. The van der Waals surface area contributed by atoms with Crippen LogP contribution in [0.3, 0.4) is 0 Å². The molecule has 0 atom stereocenters. The van der Waals surface area contributed by atoms with Gasteiger partial charge in [-0.15, -0.1) is 0 Å². The summed E-state index contributed by atoms with van der Waals surface area (Å²) in [6.07, 6.45) is 1.35. The summed E-state index contributed by atoms with van der Waals surface area (Å²) in [5, 5.41) is 1.69. The Morgan fingerprint density at radius 1 is 1.54 bits per heavy atom. The summed E-state index contributed by atoms with van der Waals surface area (Å²) < 4.78 is 0. The quantitative estimate of drug-likeness (QED) is 0.590. The molecular formula is C10H11NOS. The van der Waals surface area contributed by atoms with Gasteiger partial charge in [-0.2, -0.15) is 0 Å². The topological polar surface area (TPSA) is 43.1 Å². The molecule has 0 unspecified atom stereocenters. The van der Waals surface area contributed by atoms with Crippen LogP contribution in [0.2, 0.25) is 0 Å². The maximum absolute atomic E-state index is 10.4. The van der Waals surface area contributed by atoms with Crippen molar-refractivity contribution in [2.24, 2.45) is 5.73 Å². The van der Waals surface area contributed by atoms with Gasteiger partial charge < -0.3 is 5.73 Å². The molecule has 0 aliphatic heterocycles. The lowest BCUT2D eigenvalue weighted by molar-refractivity contribution is -0.113. The van der Waals surface area contributed by atoms with E-state index in [0.29, 0.717) is 0 Å². The van der Waals surface area contributed by atoms with Crippen molar-refractivity contribution in [1.82, 2.24) is 0 Å². The maximum atomic E-state index is 10.4. The SMILES string of the molecule is Cc1cccc(S/C=C\C(N)=O)c1. The van der Waals surface area contributed by atoms with Crippen molar-refractivity contribution in [2.75, 3.05) is 0 Å². The lowest BCUT2D eigenvalue weighted by Crippen LogP contribution is -2.04. The second-order valence-electron chi connectivity index (χ2n) is 2.64. The third kappa shape index (κ3) is 3.80. The zero-order valence-corrected chi connectivity index (χ0v) is 8.17. The van der Waals surface area contributed by atoms with Crippen molar-refractivity contribution in [2.45, 2.75) is 11.8 Å². The first-order valence-corrected chi connectivity index (χ1v) is 4.76. The number of aryl methyl sites for hydroxylation is 1. The van der Waals surface area contributed by atoms with Crippen LogP contribution in [0, 0.1) is 6.92 Å². The first kappa shape index (κ1) is 9.86. The average Bonchev–Trinajstić information content (AvgIpc) is 2.03. The van der Waals surface area contributed by atoms with E-state index in [0.717, 1.165) is 4.90 Å². The second-order valence-corrected chi connectivity index (χ2v) is 3.62. The molecule has 1 aromatic rings. The molecule has 13 heavy (non-hydrogen) atoms. The van der Waals surface area contributed by atoms with Gasteiger partial charge in [-0.3, -0.25) is 4.79 Å². The highest BCUT2D eigenvalue weighted by Crippen LogP contribution is 2.19. The van der Waals surface area contributed by atoms with Gasteiger partial charge in [0.15, 0.2) is 0 Å². The molecule has 1 rings (SSSR count). The Balaban J connectivity index is 2.59. The molecule has 0 aromatic heterocycles. The Hall–Kier alpha value is -1.22. The molecule has 1 aromatic carbocycles. The van der Waals surface area contributed by atoms with E-state index in [-0.39, 0.29) is 0 Å². The summed E-state index contributed by atoms with van der Waals surface area (Å²) in [6.45, 7) is 2.03. The van der Waals surface area contributed by atoms with Crippen LogP contribution in [0.5, 0.6) is 0 Å². The van der Waals surface area contributed by atoms with Gasteiger partial charge in [0.05, 0.1) is 0 Å². The molecule has 0 fully saturated rings. The number of hydrogen-bond donors (Lipinski definition) is 1. The van der Waals surface area contributed by atoms with Gasteiger partial charge in [0, 0.05) is 11.0 Å². The molecule has 68 valence electrons. The van der Waals surface area contributed by atoms with Gasteiger partial charge >= 0.3 is 0 Å². The van der Waals surface area contributed by atoms with E-state index in [2.05, 4.69) is 6.07 Å². The highest BCUT2D eigenvalue weighted by atomic mass is 32.2. The van der Waals surface area contributed by atoms with Crippen molar-refractivity contribution in [3.05, 3.63) is 41.3 Å². The summed E-state index contributed by atoms with van der Waals surface area (Å²) in [5.74, 6) is -0.417. The van der Waals surface area contributed by atoms with E-state index in [4.69, 9.17) is 5.73 Å². The zero-order valence-electron chi connectivity index (χ0n) is 7.36. The van der Waals surface area contributed by atoms with Crippen LogP contribution in [0.4, 0.5) is 0 Å². The van der Waals surface area contributed by atoms with Gasteiger partial charge in [0.2, 0.25) is 5.91 Å². The van der Waals surface area contributed by atoms with Crippen LogP contribution >= 0.6 is 11.8 Å². The highest BCUT2D eigenvalue weighted by molar-refractivity contribution is 8.02. The largest absolute Gasteiger partial charge is 0.366 e. The lowest BCUT2D eigenvalue weighted by atomic mass is 10.2. The van der Waals surface area contributed by atoms with Crippen LogP contribution < -0.4 is 5.73 Å². The predicted molar refractivity (Wildman–Crippen MR) is 55.4 cm³/mol. The standard InChI is InChI=1S/C10H11NOS/c1-8-3-2-4-9(7-8)13-6-5-10(11)12/h2-7H,1H3,(H2,11,12)/b6-5-. The summed E-state index contributed by atoms with van der Waals surface area (Å²) in [4.78, 5) is 11.5. The molecule has 0 aliphatic carbocycles. The van der Waals surface area contributed by atoms with Crippen molar-refractivity contribution < 1.29 is 4.79 Å².